The van der Waals surface area contributed by atoms with Crippen LogP contribution in [0.3, 0.4) is 0 Å². The third-order valence-electron chi connectivity index (χ3n) is 5.81. The molecular formula is C20H25N3O2. The van der Waals surface area contributed by atoms with Crippen molar-refractivity contribution in [3.8, 4) is 0 Å². The summed E-state index contributed by atoms with van der Waals surface area (Å²) in [4.78, 5) is 29.9. The molecule has 1 aromatic heterocycles. The second-order valence-electron chi connectivity index (χ2n) is 7.65. The van der Waals surface area contributed by atoms with Gasteiger partial charge in [0, 0.05) is 24.2 Å². The van der Waals surface area contributed by atoms with Crippen LogP contribution in [0.15, 0.2) is 18.2 Å². The summed E-state index contributed by atoms with van der Waals surface area (Å²) in [6, 6.07) is 5.98. The number of fused-ring (bicyclic) bond motifs is 3. The van der Waals surface area contributed by atoms with Crippen LogP contribution in [-0.2, 0) is 17.6 Å². The quantitative estimate of drug-likeness (QED) is 0.882. The smallest absolute Gasteiger partial charge is 0.256 e. The first kappa shape index (κ1) is 16.2. The number of H-pyrrole nitrogens is 1. The Balaban J connectivity index is 1.69. The summed E-state index contributed by atoms with van der Waals surface area (Å²) < 4.78 is 0. The fraction of sp³-hybridized carbons (Fsp3) is 0.500. The highest BCUT2D eigenvalue weighted by molar-refractivity contribution is 6.07. The normalized spacial score (nSPS) is 23.5. The standard InChI is InChI=1S/C20H25N3O2/c1-12-7-8-17-16(10-12)14-5-2-6-15(18(14)22-17)20(25)23-9-3-4-13(11-23)19(21)24/h2,5-6,12-13,22H,3-4,7-11H2,1H3,(H2,21,24)/t12-,13+/m1/s1. The third kappa shape index (κ3) is 2.81. The molecule has 3 N–H and O–H groups in total. The molecule has 1 aliphatic carbocycles. The Kier molecular flexibility index (Phi) is 4.02. The van der Waals surface area contributed by atoms with Crippen molar-refractivity contribution in [3.63, 3.8) is 0 Å². The first-order valence-electron chi connectivity index (χ1n) is 9.25. The fourth-order valence-electron chi connectivity index (χ4n) is 4.36. The maximum atomic E-state index is 13.1. The number of carbonyl (C=O) groups is 2. The van der Waals surface area contributed by atoms with Crippen molar-refractivity contribution in [1.82, 2.24) is 9.88 Å². The van der Waals surface area contributed by atoms with Crippen LogP contribution in [-0.4, -0.2) is 34.8 Å². The number of likely N-dealkylation sites (tertiary alicyclic amines) is 1. The van der Waals surface area contributed by atoms with Crippen LogP contribution in [0.25, 0.3) is 10.9 Å². The molecule has 0 bridgehead atoms. The number of nitrogens with zero attached hydrogens (tertiary/aromatic N) is 1. The summed E-state index contributed by atoms with van der Waals surface area (Å²) in [5, 5.41) is 1.18. The molecule has 132 valence electrons. The number of carbonyl (C=O) groups excluding carboxylic acids is 2. The Morgan fingerprint density at radius 3 is 2.92 bits per heavy atom. The SMILES string of the molecule is C[C@@H]1CCc2[nH]c3c(C(=O)N4CCC[C@H](C(N)=O)C4)cccc3c2C1. The van der Waals surface area contributed by atoms with Crippen LogP contribution in [0.5, 0.6) is 0 Å². The van der Waals surface area contributed by atoms with Gasteiger partial charge in [-0.2, -0.15) is 0 Å². The average Bonchev–Trinajstić information content (AvgIpc) is 2.99. The van der Waals surface area contributed by atoms with E-state index in [1.807, 2.05) is 12.1 Å². The maximum Gasteiger partial charge on any atom is 0.256 e. The first-order valence-corrected chi connectivity index (χ1v) is 9.25. The molecular weight excluding hydrogens is 314 g/mol. The summed E-state index contributed by atoms with van der Waals surface area (Å²) in [7, 11) is 0. The van der Waals surface area contributed by atoms with Crippen LogP contribution < -0.4 is 5.73 Å². The van der Waals surface area contributed by atoms with Gasteiger partial charge in [0.25, 0.3) is 5.91 Å². The van der Waals surface area contributed by atoms with E-state index in [1.54, 1.807) is 4.90 Å². The molecule has 2 aliphatic rings. The van der Waals surface area contributed by atoms with Gasteiger partial charge in [-0.15, -0.1) is 0 Å². The van der Waals surface area contributed by atoms with Crippen LogP contribution in [0.2, 0.25) is 0 Å². The van der Waals surface area contributed by atoms with Gasteiger partial charge in [0.05, 0.1) is 17.0 Å². The van der Waals surface area contributed by atoms with E-state index in [4.69, 9.17) is 5.73 Å². The van der Waals surface area contributed by atoms with Crippen molar-refractivity contribution in [2.75, 3.05) is 13.1 Å². The van der Waals surface area contributed by atoms with Crippen molar-refractivity contribution in [2.24, 2.45) is 17.6 Å². The zero-order chi connectivity index (χ0) is 17.6. The van der Waals surface area contributed by atoms with Crippen molar-refractivity contribution in [3.05, 3.63) is 35.0 Å². The van der Waals surface area contributed by atoms with E-state index in [9.17, 15) is 9.59 Å². The van der Waals surface area contributed by atoms with Crippen LogP contribution in [0.1, 0.15) is 47.8 Å². The molecule has 2 aromatic rings. The van der Waals surface area contributed by atoms with Gasteiger partial charge in [0.2, 0.25) is 5.91 Å². The lowest BCUT2D eigenvalue weighted by Gasteiger charge is -2.31. The summed E-state index contributed by atoms with van der Waals surface area (Å²) >= 11 is 0. The van der Waals surface area contributed by atoms with Crippen molar-refractivity contribution < 1.29 is 9.59 Å². The van der Waals surface area contributed by atoms with Gasteiger partial charge in [-0.25, -0.2) is 0 Å². The lowest BCUT2D eigenvalue weighted by Crippen LogP contribution is -2.44. The molecule has 2 atom stereocenters. The summed E-state index contributed by atoms with van der Waals surface area (Å²) in [5.74, 6) is 0.155. The summed E-state index contributed by atoms with van der Waals surface area (Å²) in [6.45, 7) is 3.41. The number of aryl methyl sites for hydroxylation is 1. The minimum Gasteiger partial charge on any atom is -0.369 e. The van der Waals surface area contributed by atoms with Gasteiger partial charge in [0.15, 0.2) is 0 Å². The van der Waals surface area contributed by atoms with E-state index in [-0.39, 0.29) is 17.7 Å². The number of nitrogens with two attached hydrogens (primary N) is 1. The number of hydrogen-bond acceptors (Lipinski definition) is 2. The molecule has 0 unspecified atom stereocenters. The van der Waals surface area contributed by atoms with Crippen LogP contribution >= 0.6 is 0 Å². The van der Waals surface area contributed by atoms with E-state index >= 15 is 0 Å². The summed E-state index contributed by atoms with van der Waals surface area (Å²) in [5.41, 5.74) is 9.77. The first-order chi connectivity index (χ1) is 12.0. The number of nitrogens with one attached hydrogen (secondary N) is 1. The number of hydrogen-bond donors (Lipinski definition) is 2. The topological polar surface area (TPSA) is 79.2 Å². The number of amides is 2. The highest BCUT2D eigenvalue weighted by Crippen LogP contribution is 2.33. The molecule has 1 aliphatic heterocycles. The molecule has 1 saturated heterocycles. The zero-order valence-corrected chi connectivity index (χ0v) is 14.7. The second kappa shape index (κ2) is 6.21. The predicted octanol–water partition coefficient (Wildman–Crippen LogP) is 2.63. The number of para-hydroxylation sites is 1. The molecule has 0 spiro atoms. The molecule has 2 amide bonds. The molecule has 2 heterocycles. The molecule has 5 nitrogen and oxygen atoms in total. The Bertz CT molecular complexity index is 839. The minimum absolute atomic E-state index is 0.00296. The number of benzene rings is 1. The highest BCUT2D eigenvalue weighted by atomic mass is 16.2. The number of aromatic amines is 1. The number of primary amides is 1. The number of piperidine rings is 1. The Morgan fingerprint density at radius 1 is 1.28 bits per heavy atom. The van der Waals surface area contributed by atoms with E-state index in [1.165, 1.54) is 23.1 Å². The molecule has 0 saturated carbocycles. The number of aromatic nitrogens is 1. The van der Waals surface area contributed by atoms with Crippen molar-refractivity contribution in [1.29, 1.82) is 0 Å². The van der Waals surface area contributed by atoms with Gasteiger partial charge in [-0.05, 0) is 49.7 Å². The summed E-state index contributed by atoms with van der Waals surface area (Å²) in [6.07, 6.45) is 4.91. The van der Waals surface area contributed by atoms with Crippen LogP contribution in [0.4, 0.5) is 0 Å². The molecule has 1 aromatic carbocycles. The van der Waals surface area contributed by atoms with E-state index in [0.29, 0.717) is 24.6 Å². The van der Waals surface area contributed by atoms with Crippen molar-refractivity contribution in [2.45, 2.75) is 39.0 Å². The minimum atomic E-state index is -0.306. The average molecular weight is 339 g/mol. The van der Waals surface area contributed by atoms with Gasteiger partial charge in [0.1, 0.15) is 0 Å². The lowest BCUT2D eigenvalue weighted by molar-refractivity contribution is -0.123. The van der Waals surface area contributed by atoms with Crippen LogP contribution in [0, 0.1) is 11.8 Å². The lowest BCUT2D eigenvalue weighted by atomic mass is 9.87. The monoisotopic (exact) mass is 339 g/mol. The van der Waals surface area contributed by atoms with Gasteiger partial charge in [-0.3, -0.25) is 9.59 Å². The van der Waals surface area contributed by atoms with Gasteiger partial charge < -0.3 is 15.6 Å². The second-order valence-corrected chi connectivity index (χ2v) is 7.65. The fourth-order valence-corrected chi connectivity index (χ4v) is 4.36. The Hall–Kier alpha value is -2.30. The van der Waals surface area contributed by atoms with E-state index in [2.05, 4.69) is 18.0 Å². The largest absolute Gasteiger partial charge is 0.369 e. The molecule has 1 fully saturated rings. The highest BCUT2D eigenvalue weighted by Gasteiger charge is 2.29. The molecule has 4 rings (SSSR count). The number of rotatable bonds is 2. The van der Waals surface area contributed by atoms with Crippen molar-refractivity contribution >= 4 is 22.7 Å². The van der Waals surface area contributed by atoms with E-state index < -0.39 is 0 Å². The maximum absolute atomic E-state index is 13.1. The van der Waals surface area contributed by atoms with Gasteiger partial charge in [-0.1, -0.05) is 19.1 Å². The Morgan fingerprint density at radius 2 is 2.12 bits per heavy atom. The molecule has 5 heteroatoms. The van der Waals surface area contributed by atoms with E-state index in [0.717, 1.165) is 31.2 Å². The van der Waals surface area contributed by atoms with Gasteiger partial charge >= 0.3 is 0 Å². The third-order valence-corrected chi connectivity index (χ3v) is 5.81. The molecule has 25 heavy (non-hydrogen) atoms. The zero-order valence-electron chi connectivity index (χ0n) is 14.7. The Labute approximate surface area is 147 Å². The predicted molar refractivity (Wildman–Crippen MR) is 97.3 cm³/mol. The molecule has 0 radical (unpaired) electrons.